The van der Waals surface area contributed by atoms with E-state index in [0.29, 0.717) is 0 Å². The molecule has 26 heavy (non-hydrogen) atoms. The molecule has 0 saturated carbocycles. The maximum absolute atomic E-state index is 5.54. The van der Waals surface area contributed by atoms with E-state index < -0.39 is 0 Å². The number of hydrogen-bond acceptors (Lipinski definition) is 3. The second-order valence-corrected chi connectivity index (χ2v) is 6.66. The first-order chi connectivity index (χ1) is 12.9. The maximum Gasteiger partial charge on any atom is 0.0807 e. The van der Waals surface area contributed by atoms with E-state index in [-0.39, 0.29) is 0 Å². The minimum Gasteiger partial charge on any atom is -0.378 e. The molecule has 3 heteroatoms. The quantitative estimate of drug-likeness (QED) is 0.486. The Kier molecular flexibility index (Phi) is 3.80. The molecule has 0 aliphatic carbocycles. The van der Waals surface area contributed by atoms with Crippen LogP contribution in [0.15, 0.2) is 72.9 Å². The van der Waals surface area contributed by atoms with Crippen molar-refractivity contribution in [2.75, 3.05) is 31.2 Å². The summed E-state index contributed by atoms with van der Waals surface area (Å²) >= 11 is 0. The summed E-state index contributed by atoms with van der Waals surface area (Å²) in [6.45, 7) is 3.41. The predicted molar refractivity (Wildman–Crippen MR) is 108 cm³/mol. The van der Waals surface area contributed by atoms with Crippen LogP contribution in [0.5, 0.6) is 0 Å². The summed E-state index contributed by atoms with van der Waals surface area (Å²) in [4.78, 5) is 7.21. The van der Waals surface area contributed by atoms with E-state index in [9.17, 15) is 0 Å². The number of nitrogens with zero attached hydrogens (tertiary/aromatic N) is 2. The molecule has 4 aromatic rings. The summed E-state index contributed by atoms with van der Waals surface area (Å²) in [7, 11) is 0. The van der Waals surface area contributed by atoms with Crippen molar-refractivity contribution in [3.05, 3.63) is 72.9 Å². The molecule has 0 N–H and O–H groups in total. The van der Waals surface area contributed by atoms with Gasteiger partial charge in [-0.2, -0.15) is 0 Å². The van der Waals surface area contributed by atoms with Crippen LogP contribution in [0.25, 0.3) is 32.8 Å². The van der Waals surface area contributed by atoms with Gasteiger partial charge in [-0.15, -0.1) is 0 Å². The van der Waals surface area contributed by atoms with Gasteiger partial charge in [-0.3, -0.25) is 4.98 Å². The van der Waals surface area contributed by atoms with Gasteiger partial charge in [-0.1, -0.05) is 48.5 Å². The lowest BCUT2D eigenvalue weighted by atomic mass is 9.95. The predicted octanol–water partition coefficient (Wildman–Crippen LogP) is 4.89. The smallest absolute Gasteiger partial charge is 0.0807 e. The molecule has 0 amide bonds. The van der Waals surface area contributed by atoms with Crippen LogP contribution in [0.4, 0.5) is 5.69 Å². The Labute approximate surface area is 152 Å². The first-order valence-corrected chi connectivity index (χ1v) is 9.10. The van der Waals surface area contributed by atoms with Gasteiger partial charge in [0, 0.05) is 35.7 Å². The van der Waals surface area contributed by atoms with Crippen molar-refractivity contribution in [2.24, 2.45) is 0 Å². The van der Waals surface area contributed by atoms with Crippen molar-refractivity contribution in [3.63, 3.8) is 0 Å². The Morgan fingerprint density at radius 2 is 1.69 bits per heavy atom. The van der Waals surface area contributed by atoms with Crippen LogP contribution in [0.3, 0.4) is 0 Å². The van der Waals surface area contributed by atoms with Crippen molar-refractivity contribution in [1.29, 1.82) is 0 Å². The van der Waals surface area contributed by atoms with E-state index >= 15 is 0 Å². The van der Waals surface area contributed by atoms with Gasteiger partial charge in [-0.05, 0) is 34.7 Å². The number of ether oxygens (including phenoxy) is 1. The molecule has 0 atom stereocenters. The van der Waals surface area contributed by atoms with Crippen molar-refractivity contribution >= 4 is 27.4 Å². The van der Waals surface area contributed by atoms with Gasteiger partial charge in [0.05, 0.1) is 18.7 Å². The Hall–Kier alpha value is -2.91. The highest BCUT2D eigenvalue weighted by Crippen LogP contribution is 2.38. The molecule has 1 aromatic heterocycles. The van der Waals surface area contributed by atoms with E-state index in [1.165, 1.54) is 33.0 Å². The van der Waals surface area contributed by atoms with Crippen LogP contribution in [0.2, 0.25) is 0 Å². The van der Waals surface area contributed by atoms with E-state index in [1.54, 1.807) is 0 Å². The van der Waals surface area contributed by atoms with Crippen LogP contribution >= 0.6 is 0 Å². The lowest BCUT2D eigenvalue weighted by Crippen LogP contribution is -2.36. The normalized spacial score (nSPS) is 14.8. The van der Waals surface area contributed by atoms with Crippen LogP contribution in [-0.2, 0) is 4.74 Å². The standard InChI is InChI=1S/C23H20N2O/c1-2-6-17(7-3-1)19-9-4-8-18-16-21(25-12-14-26-15-13-25)20-10-5-11-24-23(20)22(18)19/h1-11,16H,12-15H2. The highest BCUT2D eigenvalue weighted by Gasteiger charge is 2.17. The van der Waals surface area contributed by atoms with Gasteiger partial charge < -0.3 is 9.64 Å². The van der Waals surface area contributed by atoms with Crippen molar-refractivity contribution in [1.82, 2.24) is 4.98 Å². The Bertz CT molecular complexity index is 1070. The molecule has 2 heterocycles. The summed E-state index contributed by atoms with van der Waals surface area (Å²) in [5, 5.41) is 3.68. The zero-order valence-corrected chi connectivity index (χ0v) is 14.6. The molecule has 1 aliphatic rings. The number of rotatable bonds is 2. The number of anilines is 1. The molecule has 0 unspecified atom stereocenters. The van der Waals surface area contributed by atoms with Crippen molar-refractivity contribution in [3.8, 4) is 11.1 Å². The summed E-state index contributed by atoms with van der Waals surface area (Å²) < 4.78 is 5.54. The van der Waals surface area contributed by atoms with Crippen molar-refractivity contribution < 1.29 is 4.74 Å². The topological polar surface area (TPSA) is 25.4 Å². The first-order valence-electron chi connectivity index (χ1n) is 9.10. The number of benzene rings is 3. The molecular weight excluding hydrogens is 320 g/mol. The summed E-state index contributed by atoms with van der Waals surface area (Å²) in [6, 6.07) is 23.6. The second kappa shape index (κ2) is 6.43. The van der Waals surface area contributed by atoms with Crippen LogP contribution in [0, 0.1) is 0 Å². The third-order valence-corrected chi connectivity index (χ3v) is 5.15. The summed E-state index contributed by atoms with van der Waals surface area (Å²) in [6.07, 6.45) is 1.90. The van der Waals surface area contributed by atoms with E-state index in [2.05, 4.69) is 65.6 Å². The fourth-order valence-corrected chi connectivity index (χ4v) is 3.92. The second-order valence-electron chi connectivity index (χ2n) is 6.66. The maximum atomic E-state index is 5.54. The van der Waals surface area contributed by atoms with Gasteiger partial charge in [0.1, 0.15) is 0 Å². The molecule has 1 aliphatic heterocycles. The Balaban J connectivity index is 1.83. The lowest BCUT2D eigenvalue weighted by Gasteiger charge is -2.30. The van der Waals surface area contributed by atoms with E-state index in [4.69, 9.17) is 9.72 Å². The number of pyridine rings is 1. The van der Waals surface area contributed by atoms with Gasteiger partial charge in [-0.25, -0.2) is 0 Å². The SMILES string of the molecule is c1ccc(-c2cccc3cc(N4CCOCC4)c4cccnc4c23)cc1. The van der Waals surface area contributed by atoms with E-state index in [0.717, 1.165) is 31.8 Å². The zero-order valence-electron chi connectivity index (χ0n) is 14.6. The molecule has 0 radical (unpaired) electrons. The fraction of sp³-hybridized carbons (Fsp3) is 0.174. The monoisotopic (exact) mass is 340 g/mol. The van der Waals surface area contributed by atoms with Gasteiger partial charge in [0.15, 0.2) is 0 Å². The fourth-order valence-electron chi connectivity index (χ4n) is 3.92. The van der Waals surface area contributed by atoms with Gasteiger partial charge >= 0.3 is 0 Å². The number of aromatic nitrogens is 1. The molecule has 0 spiro atoms. The number of morpholine rings is 1. The summed E-state index contributed by atoms with van der Waals surface area (Å²) in [5.74, 6) is 0. The average Bonchev–Trinajstić information content (AvgIpc) is 2.74. The lowest BCUT2D eigenvalue weighted by molar-refractivity contribution is 0.123. The van der Waals surface area contributed by atoms with Gasteiger partial charge in [0.25, 0.3) is 0 Å². The minimum absolute atomic E-state index is 0.782. The Morgan fingerprint density at radius 1 is 0.846 bits per heavy atom. The van der Waals surface area contributed by atoms with Crippen LogP contribution in [-0.4, -0.2) is 31.3 Å². The largest absolute Gasteiger partial charge is 0.378 e. The first kappa shape index (κ1) is 15.4. The zero-order chi connectivity index (χ0) is 17.3. The molecular formula is C23H20N2O. The minimum atomic E-state index is 0.782. The van der Waals surface area contributed by atoms with Crippen LogP contribution in [0.1, 0.15) is 0 Å². The van der Waals surface area contributed by atoms with E-state index in [1.807, 2.05) is 12.3 Å². The molecule has 3 nitrogen and oxygen atoms in total. The Morgan fingerprint density at radius 3 is 2.54 bits per heavy atom. The third kappa shape index (κ3) is 2.52. The third-order valence-electron chi connectivity index (χ3n) is 5.15. The summed E-state index contributed by atoms with van der Waals surface area (Å²) in [5.41, 5.74) is 4.80. The molecule has 128 valence electrons. The molecule has 1 saturated heterocycles. The molecule has 3 aromatic carbocycles. The molecule has 5 rings (SSSR count). The average molecular weight is 340 g/mol. The van der Waals surface area contributed by atoms with Crippen molar-refractivity contribution in [2.45, 2.75) is 0 Å². The highest BCUT2D eigenvalue weighted by atomic mass is 16.5. The molecule has 1 fully saturated rings. The number of hydrogen-bond donors (Lipinski definition) is 0. The van der Waals surface area contributed by atoms with Crippen LogP contribution < -0.4 is 4.90 Å². The number of fused-ring (bicyclic) bond motifs is 3. The molecule has 0 bridgehead atoms. The van der Waals surface area contributed by atoms with Gasteiger partial charge in [0.2, 0.25) is 0 Å². The highest BCUT2D eigenvalue weighted by molar-refractivity contribution is 6.16.